The number of rotatable bonds is 7. The Morgan fingerprint density at radius 2 is 1.69 bits per heavy atom. The van der Waals surface area contributed by atoms with Crippen molar-refractivity contribution in [3.05, 3.63) is 83.4 Å². The maximum Gasteiger partial charge on any atom is 0.307 e. The second kappa shape index (κ2) is 8.49. The molecule has 0 radical (unpaired) electrons. The van der Waals surface area contributed by atoms with Crippen LogP contribution in [0.3, 0.4) is 0 Å². The molecule has 0 spiro atoms. The number of aryl methyl sites for hydroxylation is 1. The fourth-order valence-electron chi connectivity index (χ4n) is 3.27. The average Bonchev–Trinajstić information content (AvgIpc) is 2.68. The first-order valence-electron chi connectivity index (χ1n) is 9.06. The zero-order chi connectivity index (χ0) is 21.0. The lowest BCUT2D eigenvalue weighted by molar-refractivity contribution is -0.136. The lowest BCUT2D eigenvalue weighted by Crippen LogP contribution is -2.07. The zero-order valence-corrected chi connectivity index (χ0v) is 17.1. The summed E-state index contributed by atoms with van der Waals surface area (Å²) in [5, 5.41) is 9.11. The van der Waals surface area contributed by atoms with E-state index in [4.69, 9.17) is 9.84 Å². The molecule has 5 nitrogen and oxygen atoms in total. The van der Waals surface area contributed by atoms with E-state index in [1.165, 1.54) is 7.11 Å². The van der Waals surface area contributed by atoms with Crippen molar-refractivity contribution in [3.63, 3.8) is 0 Å². The van der Waals surface area contributed by atoms with Gasteiger partial charge >= 0.3 is 5.97 Å². The van der Waals surface area contributed by atoms with Crippen molar-refractivity contribution in [2.75, 3.05) is 7.11 Å². The van der Waals surface area contributed by atoms with Crippen LogP contribution in [0.5, 0.6) is 5.75 Å². The summed E-state index contributed by atoms with van der Waals surface area (Å²) in [6.07, 6.45) is -0.125. The van der Waals surface area contributed by atoms with Gasteiger partial charge in [0, 0.05) is 5.56 Å². The number of hydrogen-bond acceptors (Lipinski definition) is 4. The fraction of sp³-hybridized carbons (Fsp3) is 0.174. The molecule has 0 aliphatic heterocycles. The molecule has 0 unspecified atom stereocenters. The van der Waals surface area contributed by atoms with Gasteiger partial charge in [0.1, 0.15) is 5.75 Å². The molecule has 0 fully saturated rings. The van der Waals surface area contributed by atoms with E-state index in [-0.39, 0.29) is 17.1 Å². The van der Waals surface area contributed by atoms with E-state index in [2.05, 4.69) is 0 Å². The van der Waals surface area contributed by atoms with Gasteiger partial charge in [0.15, 0.2) is 9.84 Å². The summed E-state index contributed by atoms with van der Waals surface area (Å²) in [5.74, 6) is -0.543. The first kappa shape index (κ1) is 20.6. The Bertz CT molecular complexity index is 1140. The summed E-state index contributed by atoms with van der Waals surface area (Å²) in [4.78, 5) is 11.4. The van der Waals surface area contributed by atoms with Crippen molar-refractivity contribution in [2.24, 2.45) is 0 Å². The summed E-state index contributed by atoms with van der Waals surface area (Å²) in [6, 6.07) is 19.1. The molecule has 0 aliphatic rings. The van der Waals surface area contributed by atoms with Gasteiger partial charge in [-0.2, -0.15) is 0 Å². The number of hydrogen-bond donors (Lipinski definition) is 1. The standard InChI is InChI=1S/C23H22O5S/c1-16-8-10-20(21-13-17(14-23(24)25)9-11-22(21)28-2)18(12-16)15-29(26,27)19-6-4-3-5-7-19/h3-13H,14-15H2,1-2H3,(H,24,25). The Morgan fingerprint density at radius 3 is 2.34 bits per heavy atom. The summed E-state index contributed by atoms with van der Waals surface area (Å²) in [7, 11) is -2.01. The van der Waals surface area contributed by atoms with Gasteiger partial charge in [-0.1, -0.05) is 48.0 Å². The lowest BCUT2D eigenvalue weighted by atomic mass is 9.95. The Balaban J connectivity index is 2.12. The average molecular weight is 410 g/mol. The third-order valence-electron chi connectivity index (χ3n) is 4.62. The molecule has 0 heterocycles. The number of carbonyl (C=O) groups is 1. The first-order chi connectivity index (χ1) is 13.8. The molecular formula is C23H22O5S. The monoisotopic (exact) mass is 410 g/mol. The summed E-state index contributed by atoms with van der Waals surface area (Å²) >= 11 is 0. The molecule has 0 saturated heterocycles. The SMILES string of the molecule is COc1ccc(CC(=O)O)cc1-c1ccc(C)cc1CS(=O)(=O)c1ccccc1. The molecule has 0 aliphatic carbocycles. The maximum atomic E-state index is 13.0. The van der Waals surface area contributed by atoms with Gasteiger partial charge in [0.2, 0.25) is 0 Å². The highest BCUT2D eigenvalue weighted by Gasteiger charge is 2.20. The van der Waals surface area contributed by atoms with E-state index in [9.17, 15) is 13.2 Å². The molecule has 3 rings (SSSR count). The molecule has 1 N–H and O–H groups in total. The lowest BCUT2D eigenvalue weighted by Gasteiger charge is -2.16. The molecule has 6 heteroatoms. The van der Waals surface area contributed by atoms with Crippen molar-refractivity contribution >= 4 is 15.8 Å². The first-order valence-corrected chi connectivity index (χ1v) is 10.7. The van der Waals surface area contributed by atoms with Crippen LogP contribution >= 0.6 is 0 Å². The minimum Gasteiger partial charge on any atom is -0.496 e. The highest BCUT2D eigenvalue weighted by molar-refractivity contribution is 7.90. The number of aliphatic carboxylic acids is 1. The molecule has 0 bridgehead atoms. The topological polar surface area (TPSA) is 80.7 Å². The Labute approximate surface area is 170 Å². The van der Waals surface area contributed by atoms with Crippen molar-refractivity contribution in [1.82, 2.24) is 0 Å². The van der Waals surface area contributed by atoms with E-state index in [0.717, 1.165) is 5.56 Å². The van der Waals surface area contributed by atoms with Gasteiger partial charge in [0.05, 0.1) is 24.2 Å². The normalized spacial score (nSPS) is 11.2. The Hall–Kier alpha value is -3.12. The van der Waals surface area contributed by atoms with E-state index >= 15 is 0 Å². The number of carboxylic acids is 1. The van der Waals surface area contributed by atoms with Gasteiger partial charge in [-0.25, -0.2) is 8.42 Å². The van der Waals surface area contributed by atoms with Crippen molar-refractivity contribution in [3.8, 4) is 16.9 Å². The maximum absolute atomic E-state index is 13.0. The Morgan fingerprint density at radius 1 is 0.966 bits per heavy atom. The van der Waals surface area contributed by atoms with Crippen LogP contribution in [0.4, 0.5) is 0 Å². The molecular weight excluding hydrogens is 388 g/mol. The van der Waals surface area contributed by atoms with Crippen molar-refractivity contribution in [2.45, 2.75) is 24.0 Å². The van der Waals surface area contributed by atoms with E-state index in [1.54, 1.807) is 48.5 Å². The third kappa shape index (κ3) is 4.84. The second-order valence-electron chi connectivity index (χ2n) is 6.84. The minimum absolute atomic E-state index is 0.125. The largest absolute Gasteiger partial charge is 0.496 e. The Kier molecular flexibility index (Phi) is 6.03. The zero-order valence-electron chi connectivity index (χ0n) is 16.3. The smallest absolute Gasteiger partial charge is 0.307 e. The summed E-state index contributed by atoms with van der Waals surface area (Å²) in [6.45, 7) is 1.90. The molecule has 0 saturated carbocycles. The second-order valence-corrected chi connectivity index (χ2v) is 8.83. The summed E-state index contributed by atoms with van der Waals surface area (Å²) < 4.78 is 31.4. The van der Waals surface area contributed by atoms with Gasteiger partial charge in [-0.05, 0) is 47.9 Å². The van der Waals surface area contributed by atoms with Crippen LogP contribution < -0.4 is 4.74 Å². The van der Waals surface area contributed by atoms with Crippen LogP contribution in [-0.2, 0) is 26.8 Å². The van der Waals surface area contributed by atoms with Crippen LogP contribution in [-0.4, -0.2) is 26.6 Å². The highest BCUT2D eigenvalue weighted by Crippen LogP contribution is 2.35. The molecule has 0 amide bonds. The van der Waals surface area contributed by atoms with Gasteiger partial charge < -0.3 is 9.84 Å². The van der Waals surface area contributed by atoms with E-state index < -0.39 is 15.8 Å². The van der Waals surface area contributed by atoms with Crippen LogP contribution in [0.2, 0.25) is 0 Å². The highest BCUT2D eigenvalue weighted by atomic mass is 32.2. The van der Waals surface area contributed by atoms with Crippen LogP contribution in [0.1, 0.15) is 16.7 Å². The van der Waals surface area contributed by atoms with Gasteiger partial charge in [0.25, 0.3) is 0 Å². The molecule has 0 atom stereocenters. The number of ether oxygens (including phenoxy) is 1. The molecule has 150 valence electrons. The van der Waals surface area contributed by atoms with E-state index in [0.29, 0.717) is 28.0 Å². The van der Waals surface area contributed by atoms with Crippen molar-refractivity contribution < 1.29 is 23.1 Å². The van der Waals surface area contributed by atoms with E-state index in [1.807, 2.05) is 25.1 Å². The molecule has 29 heavy (non-hydrogen) atoms. The predicted molar refractivity (Wildman–Crippen MR) is 112 cm³/mol. The van der Waals surface area contributed by atoms with Crippen molar-refractivity contribution in [1.29, 1.82) is 0 Å². The molecule has 3 aromatic rings. The molecule has 3 aromatic carbocycles. The number of methoxy groups -OCH3 is 1. The van der Waals surface area contributed by atoms with Gasteiger partial charge in [-0.3, -0.25) is 4.79 Å². The number of benzene rings is 3. The predicted octanol–water partition coefficient (Wildman–Crippen LogP) is 4.27. The minimum atomic E-state index is -3.54. The fourth-order valence-corrected chi connectivity index (χ4v) is 4.66. The number of carboxylic acid groups (broad SMARTS) is 1. The third-order valence-corrected chi connectivity index (χ3v) is 6.30. The van der Waals surface area contributed by atoms with Crippen LogP contribution in [0.15, 0.2) is 71.6 Å². The summed E-state index contributed by atoms with van der Waals surface area (Å²) in [5.41, 5.74) is 3.57. The number of sulfone groups is 1. The van der Waals surface area contributed by atoms with Crippen LogP contribution in [0, 0.1) is 6.92 Å². The van der Waals surface area contributed by atoms with Gasteiger partial charge in [-0.15, -0.1) is 0 Å². The molecule has 0 aromatic heterocycles. The quantitative estimate of drug-likeness (QED) is 0.629. The van der Waals surface area contributed by atoms with Crippen LogP contribution in [0.25, 0.3) is 11.1 Å².